The summed E-state index contributed by atoms with van der Waals surface area (Å²) in [5.74, 6) is -0.626. The van der Waals surface area contributed by atoms with Crippen LogP contribution in [0.1, 0.15) is 40.4 Å². The molecule has 0 aliphatic rings. The number of carbonyl (C=O) groups is 1. The summed E-state index contributed by atoms with van der Waals surface area (Å²) in [4.78, 5) is 11.6. The second-order valence-electron chi connectivity index (χ2n) is 4.42. The van der Waals surface area contributed by atoms with Gasteiger partial charge in [0.05, 0.1) is 0 Å². The van der Waals surface area contributed by atoms with Gasteiger partial charge in [0.25, 0.3) is 0 Å². The maximum absolute atomic E-state index is 11.6. The molecular weight excluding hydrogens is 320 g/mol. The highest BCUT2D eigenvalue weighted by atomic mass is 79.9. The first kappa shape index (κ1) is 17.0. The van der Waals surface area contributed by atoms with Crippen molar-refractivity contribution < 1.29 is 31.7 Å². The fraction of sp³-hybridized carbons (Fsp3) is 0.917. The summed E-state index contributed by atoms with van der Waals surface area (Å²) in [6.07, 6.45) is -4.31. The van der Waals surface area contributed by atoms with Crippen LogP contribution >= 0.6 is 15.9 Å². The van der Waals surface area contributed by atoms with E-state index in [1.54, 1.807) is 0 Å². The molecule has 0 aromatic rings. The third-order valence-corrected chi connectivity index (χ3v) is 3.35. The van der Waals surface area contributed by atoms with Gasteiger partial charge >= 0.3 is 0 Å². The van der Waals surface area contributed by atoms with Crippen LogP contribution in [0.3, 0.4) is 0 Å². The van der Waals surface area contributed by atoms with E-state index < -0.39 is 35.2 Å². The van der Waals surface area contributed by atoms with Crippen LogP contribution in [-0.4, -0.2) is 60.7 Å². The minimum Gasteiger partial charge on any atom is -0.387 e. The SMILES string of the molecule is [2H]CCCCCCC(=O)[C@@H](O)[C@@H](O)[C@H](O)[C@H](O)C(O)Br. The predicted molar refractivity (Wildman–Crippen MR) is 72.7 cm³/mol. The third-order valence-electron chi connectivity index (χ3n) is 2.81. The Morgan fingerprint density at radius 1 is 1.05 bits per heavy atom. The molecule has 0 saturated heterocycles. The molecule has 5 atom stereocenters. The van der Waals surface area contributed by atoms with Gasteiger partial charge in [0, 0.05) is 7.79 Å². The molecule has 6 nitrogen and oxygen atoms in total. The Bertz CT molecular complexity index is 279. The van der Waals surface area contributed by atoms with Crippen molar-refractivity contribution in [3.63, 3.8) is 0 Å². The average Bonchev–Trinajstić information content (AvgIpc) is 2.43. The number of aliphatic hydroxyl groups excluding tert-OH is 5. The van der Waals surface area contributed by atoms with Gasteiger partial charge in [-0.15, -0.1) is 0 Å². The Balaban J connectivity index is 4.15. The summed E-state index contributed by atoms with van der Waals surface area (Å²) in [6.45, 7) is 0.342. The molecule has 0 fully saturated rings. The number of ketones is 1. The minimum absolute atomic E-state index is 0.0515. The van der Waals surface area contributed by atoms with E-state index in [4.69, 9.17) is 6.48 Å². The average molecular weight is 344 g/mol. The lowest BCUT2D eigenvalue weighted by Gasteiger charge is -2.26. The fourth-order valence-corrected chi connectivity index (χ4v) is 1.86. The van der Waals surface area contributed by atoms with Gasteiger partial charge in [0.2, 0.25) is 0 Å². The molecule has 0 aromatic carbocycles. The highest BCUT2D eigenvalue weighted by molar-refractivity contribution is 9.09. The summed E-state index contributed by atoms with van der Waals surface area (Å²) in [5, 5.41) is 45.5. The van der Waals surface area contributed by atoms with Crippen LogP contribution in [0.15, 0.2) is 0 Å². The van der Waals surface area contributed by atoms with Crippen LogP contribution < -0.4 is 0 Å². The normalized spacial score (nSPS) is 20.2. The number of halogens is 1. The van der Waals surface area contributed by atoms with Gasteiger partial charge in [-0.25, -0.2) is 0 Å². The maximum Gasteiger partial charge on any atom is 0.164 e. The number of alkyl halides is 1. The molecule has 5 N–H and O–H groups in total. The number of hydrogen-bond acceptors (Lipinski definition) is 6. The van der Waals surface area contributed by atoms with Crippen LogP contribution in [0.25, 0.3) is 0 Å². The fourth-order valence-electron chi connectivity index (χ4n) is 1.54. The van der Waals surface area contributed by atoms with Gasteiger partial charge in [-0.3, -0.25) is 4.79 Å². The van der Waals surface area contributed by atoms with Crippen LogP contribution in [-0.2, 0) is 4.79 Å². The Morgan fingerprint density at radius 3 is 2.21 bits per heavy atom. The Kier molecular flexibility index (Phi) is 8.76. The molecule has 0 amide bonds. The molecule has 0 saturated carbocycles. The van der Waals surface area contributed by atoms with Gasteiger partial charge in [0.1, 0.15) is 29.4 Å². The number of rotatable bonds is 10. The van der Waals surface area contributed by atoms with Crippen molar-refractivity contribution >= 4 is 21.7 Å². The molecular formula is C12H23BrO6. The largest absolute Gasteiger partial charge is 0.387 e. The molecule has 0 heterocycles. The monoisotopic (exact) mass is 343 g/mol. The summed E-state index contributed by atoms with van der Waals surface area (Å²) in [5.41, 5.74) is 0. The van der Waals surface area contributed by atoms with Crippen LogP contribution in [0.2, 0.25) is 0 Å². The highest BCUT2D eigenvalue weighted by Gasteiger charge is 2.36. The van der Waals surface area contributed by atoms with Gasteiger partial charge in [0.15, 0.2) is 5.78 Å². The lowest BCUT2D eigenvalue weighted by Crippen LogP contribution is -2.50. The second-order valence-corrected chi connectivity index (χ2v) is 5.36. The number of aliphatic hydroxyl groups is 5. The molecule has 0 rings (SSSR count). The predicted octanol–water partition coefficient (Wildman–Crippen LogP) is -0.317. The van der Waals surface area contributed by atoms with Crippen LogP contribution in [0.4, 0.5) is 0 Å². The van der Waals surface area contributed by atoms with Crippen molar-refractivity contribution in [3.05, 3.63) is 0 Å². The Labute approximate surface area is 122 Å². The number of Topliss-reactive ketones (excluding diaryl/α,β-unsaturated/α-hetero) is 1. The highest BCUT2D eigenvalue weighted by Crippen LogP contribution is 2.14. The molecule has 0 bridgehead atoms. The summed E-state index contributed by atoms with van der Waals surface area (Å²) in [6, 6.07) is 0. The quantitative estimate of drug-likeness (QED) is 0.274. The van der Waals surface area contributed by atoms with Gasteiger partial charge < -0.3 is 25.5 Å². The number of hydrogen-bond donors (Lipinski definition) is 5. The van der Waals surface area contributed by atoms with Crippen molar-refractivity contribution in [2.24, 2.45) is 0 Å². The first-order valence-corrected chi connectivity index (χ1v) is 7.10. The molecule has 1 unspecified atom stereocenters. The second kappa shape index (κ2) is 9.79. The zero-order valence-corrected chi connectivity index (χ0v) is 12.2. The van der Waals surface area contributed by atoms with E-state index in [9.17, 15) is 25.2 Å². The van der Waals surface area contributed by atoms with E-state index in [1.165, 1.54) is 0 Å². The van der Waals surface area contributed by atoms with Gasteiger partial charge in [-0.05, 0) is 6.42 Å². The topological polar surface area (TPSA) is 118 Å². The summed E-state index contributed by atoms with van der Waals surface area (Å²) >= 11 is 2.61. The molecule has 0 radical (unpaired) electrons. The van der Waals surface area contributed by atoms with Crippen molar-refractivity contribution in [3.8, 4) is 0 Å². The third kappa shape index (κ3) is 6.78. The van der Waals surface area contributed by atoms with Crippen molar-refractivity contribution in [2.75, 3.05) is 0 Å². The van der Waals surface area contributed by atoms with E-state index >= 15 is 0 Å². The standard InChI is InChI=1S/C12H23BrO6/c1-2-3-4-5-6-7(14)8(15)9(16)10(17)11(18)12(13)19/h8-12,15-19H,2-6H2,1H3/t8-,9-,10+,11+,12?/m1/s1/i1D. The minimum atomic E-state index is -1.86. The lowest BCUT2D eigenvalue weighted by atomic mass is 9.97. The molecule has 114 valence electrons. The summed E-state index contributed by atoms with van der Waals surface area (Å²) in [7, 11) is 0. The Hall–Kier alpha value is -0.0500. The van der Waals surface area contributed by atoms with Gasteiger partial charge in [-0.2, -0.15) is 0 Å². The Morgan fingerprint density at radius 2 is 1.68 bits per heavy atom. The lowest BCUT2D eigenvalue weighted by molar-refractivity contribution is -0.148. The first-order chi connectivity index (χ1) is 9.32. The first-order valence-electron chi connectivity index (χ1n) is 6.90. The van der Waals surface area contributed by atoms with E-state index in [-0.39, 0.29) is 6.42 Å². The van der Waals surface area contributed by atoms with Crippen molar-refractivity contribution in [1.29, 1.82) is 0 Å². The summed E-state index contributed by atoms with van der Waals surface area (Å²) < 4.78 is 6.95. The zero-order valence-electron chi connectivity index (χ0n) is 11.7. The van der Waals surface area contributed by atoms with E-state index in [0.717, 1.165) is 19.3 Å². The van der Waals surface area contributed by atoms with E-state index in [0.29, 0.717) is 13.3 Å². The number of carbonyl (C=O) groups excluding carboxylic acids is 1. The molecule has 0 spiro atoms. The van der Waals surface area contributed by atoms with Gasteiger partial charge in [-0.1, -0.05) is 42.1 Å². The van der Waals surface area contributed by atoms with Crippen LogP contribution in [0, 0.1) is 0 Å². The molecule has 7 heteroatoms. The molecule has 0 aliphatic heterocycles. The molecule has 19 heavy (non-hydrogen) atoms. The zero-order chi connectivity index (χ0) is 15.7. The van der Waals surface area contributed by atoms with Crippen LogP contribution in [0.5, 0.6) is 0 Å². The van der Waals surface area contributed by atoms with E-state index in [2.05, 4.69) is 15.9 Å². The maximum atomic E-state index is 11.6. The molecule has 0 aromatic heterocycles. The van der Waals surface area contributed by atoms with Crippen molar-refractivity contribution in [1.82, 2.24) is 0 Å². The molecule has 0 aliphatic carbocycles. The smallest absolute Gasteiger partial charge is 0.164 e. The number of unbranched alkanes of at least 4 members (excludes halogenated alkanes) is 3. The van der Waals surface area contributed by atoms with Crippen molar-refractivity contribution in [2.45, 2.75) is 68.4 Å². The van der Waals surface area contributed by atoms with E-state index in [1.807, 2.05) is 0 Å².